The van der Waals surface area contributed by atoms with Gasteiger partial charge in [-0.05, 0) is 69.0 Å². The van der Waals surface area contributed by atoms with E-state index in [4.69, 9.17) is 9.47 Å². The average molecular weight is 618 g/mol. The molecule has 244 valence electrons. The molecule has 0 saturated carbocycles. The normalized spacial score (nSPS) is 17.7. The monoisotopic (exact) mass is 617 g/mol. The zero-order chi connectivity index (χ0) is 31.4. The number of rotatable bonds is 17. The quantitative estimate of drug-likeness (QED) is 0.195. The Balaban J connectivity index is 1.12. The Morgan fingerprint density at radius 1 is 1.02 bits per heavy atom. The summed E-state index contributed by atoms with van der Waals surface area (Å²) in [5.41, 5.74) is -0.611. The van der Waals surface area contributed by atoms with Crippen LogP contribution in [-0.4, -0.2) is 108 Å². The van der Waals surface area contributed by atoms with Crippen molar-refractivity contribution in [3.05, 3.63) is 42.0 Å². The second kappa shape index (κ2) is 16.9. The number of ether oxygens (including phenoxy) is 2. The Bertz CT molecular complexity index is 1150. The molecule has 2 aliphatic rings. The summed E-state index contributed by atoms with van der Waals surface area (Å²) in [6, 6.07) is 4.73. The minimum Gasteiger partial charge on any atom is -0.493 e. The van der Waals surface area contributed by atoms with Gasteiger partial charge in [0.1, 0.15) is 11.6 Å². The Morgan fingerprint density at radius 3 is 2.39 bits per heavy atom. The van der Waals surface area contributed by atoms with Crippen molar-refractivity contribution in [2.75, 3.05) is 77.2 Å². The van der Waals surface area contributed by atoms with Gasteiger partial charge in [0.25, 0.3) is 0 Å². The van der Waals surface area contributed by atoms with Crippen LogP contribution < -0.4 is 19.7 Å². The molecule has 11 nitrogen and oxygen atoms in total. The first-order valence-corrected chi connectivity index (χ1v) is 15.8. The smallest absolute Gasteiger partial charge is 0.227 e. The molecule has 4 rings (SSSR count). The zero-order valence-electron chi connectivity index (χ0n) is 25.8. The lowest BCUT2D eigenvalue weighted by Gasteiger charge is -2.32. The first kappa shape index (κ1) is 33.8. The topological polar surface area (TPSA) is 141 Å². The molecule has 4 N–H and O–H groups in total. The molecule has 1 aromatic carbocycles. The maximum atomic E-state index is 14.8. The van der Waals surface area contributed by atoms with E-state index in [1.54, 1.807) is 29.4 Å². The summed E-state index contributed by atoms with van der Waals surface area (Å²) in [5.74, 6) is 2.17. The Kier molecular flexibility index (Phi) is 13.0. The number of halogens is 1. The molecule has 0 radical (unpaired) electrons. The van der Waals surface area contributed by atoms with Crippen LogP contribution in [0.1, 0.15) is 44.6 Å². The van der Waals surface area contributed by atoms with Gasteiger partial charge < -0.3 is 39.9 Å². The predicted molar refractivity (Wildman–Crippen MR) is 164 cm³/mol. The standard InChI is InChI=1S/C32H48FN5O6/c1-2-43-28-17-35-31(36-18-28)37-10-7-24(8-11-37)4-3-13-44-27-6-5-26(29(33)15-27)14-30(42)38-12-9-25(19-38)16-34-20-32(21-39,22-40)23-41/h5-6,15,17-18,24-25,34,39-41H,2-4,7-14,16,19-23H2,1H3/t25-/m0/s1. The lowest BCUT2D eigenvalue weighted by Crippen LogP contribution is -2.44. The van der Waals surface area contributed by atoms with E-state index in [1.165, 1.54) is 6.07 Å². The van der Waals surface area contributed by atoms with Gasteiger partial charge in [-0.3, -0.25) is 4.79 Å². The molecule has 2 saturated heterocycles. The number of carbonyl (C=O) groups excluding carboxylic acids is 1. The number of hydrogen-bond acceptors (Lipinski definition) is 10. The highest BCUT2D eigenvalue weighted by Gasteiger charge is 2.30. The van der Waals surface area contributed by atoms with Gasteiger partial charge in [-0.15, -0.1) is 0 Å². The number of nitrogens with zero attached hydrogens (tertiary/aromatic N) is 4. The maximum absolute atomic E-state index is 14.8. The van der Waals surface area contributed by atoms with Crippen LogP contribution in [0.5, 0.6) is 11.5 Å². The number of aromatic nitrogens is 2. The number of likely N-dealkylation sites (tertiary alicyclic amines) is 1. The first-order chi connectivity index (χ1) is 21.4. The molecule has 3 heterocycles. The highest BCUT2D eigenvalue weighted by molar-refractivity contribution is 5.79. The zero-order valence-corrected chi connectivity index (χ0v) is 25.8. The van der Waals surface area contributed by atoms with Gasteiger partial charge in [-0.25, -0.2) is 14.4 Å². The second-order valence-corrected chi connectivity index (χ2v) is 12.1. The van der Waals surface area contributed by atoms with Crippen molar-refractivity contribution in [3.63, 3.8) is 0 Å². The molecule has 1 atom stereocenters. The van der Waals surface area contributed by atoms with Crippen LogP contribution in [0, 0.1) is 23.1 Å². The summed E-state index contributed by atoms with van der Waals surface area (Å²) in [7, 11) is 0. The third-order valence-electron chi connectivity index (χ3n) is 8.79. The minimum atomic E-state index is -0.964. The highest BCUT2D eigenvalue weighted by Crippen LogP contribution is 2.26. The number of hydrogen-bond donors (Lipinski definition) is 4. The van der Waals surface area contributed by atoms with Crippen molar-refractivity contribution in [2.24, 2.45) is 17.3 Å². The van der Waals surface area contributed by atoms with Crippen molar-refractivity contribution >= 4 is 11.9 Å². The summed E-state index contributed by atoms with van der Waals surface area (Å²) in [6.45, 7) is 5.96. The molecule has 12 heteroatoms. The summed E-state index contributed by atoms with van der Waals surface area (Å²) < 4.78 is 26.1. The average Bonchev–Trinajstić information content (AvgIpc) is 3.53. The van der Waals surface area contributed by atoms with Crippen molar-refractivity contribution < 1.29 is 34.0 Å². The van der Waals surface area contributed by atoms with Crippen LogP contribution in [0.2, 0.25) is 0 Å². The van der Waals surface area contributed by atoms with Crippen LogP contribution >= 0.6 is 0 Å². The molecule has 1 amide bonds. The van der Waals surface area contributed by atoms with Gasteiger partial charge >= 0.3 is 0 Å². The number of benzene rings is 1. The lowest BCUT2D eigenvalue weighted by atomic mass is 9.91. The summed E-state index contributed by atoms with van der Waals surface area (Å²) >= 11 is 0. The highest BCUT2D eigenvalue weighted by atomic mass is 19.1. The Labute approximate surface area is 259 Å². The molecule has 0 aliphatic carbocycles. The number of nitrogens with one attached hydrogen (secondary N) is 1. The van der Waals surface area contributed by atoms with Gasteiger partial charge in [0.05, 0.1) is 57.3 Å². The largest absolute Gasteiger partial charge is 0.493 e. The summed E-state index contributed by atoms with van der Waals surface area (Å²) in [4.78, 5) is 25.7. The van der Waals surface area contributed by atoms with E-state index < -0.39 is 11.2 Å². The van der Waals surface area contributed by atoms with E-state index in [1.807, 2.05) is 6.92 Å². The van der Waals surface area contributed by atoms with Gasteiger partial charge in [0.2, 0.25) is 11.9 Å². The third kappa shape index (κ3) is 9.47. The van der Waals surface area contributed by atoms with Gasteiger partial charge in [0, 0.05) is 38.8 Å². The molecule has 2 fully saturated rings. The first-order valence-electron chi connectivity index (χ1n) is 15.8. The van der Waals surface area contributed by atoms with E-state index in [-0.39, 0.29) is 44.6 Å². The Morgan fingerprint density at radius 2 is 1.73 bits per heavy atom. The van der Waals surface area contributed by atoms with Crippen molar-refractivity contribution in [1.29, 1.82) is 0 Å². The SMILES string of the molecule is CCOc1cnc(N2CCC(CCCOc3ccc(CC(=O)N4CC[C@@H](CNCC(CO)(CO)CO)C4)c(F)c3)CC2)nc1. The fourth-order valence-corrected chi connectivity index (χ4v) is 5.82. The molecule has 2 aromatic rings. The Hall–Kier alpha value is -3.06. The van der Waals surface area contributed by atoms with Gasteiger partial charge in [0.15, 0.2) is 5.75 Å². The second-order valence-electron chi connectivity index (χ2n) is 12.1. The van der Waals surface area contributed by atoms with Crippen molar-refractivity contribution in [2.45, 2.75) is 45.4 Å². The third-order valence-corrected chi connectivity index (χ3v) is 8.79. The molecule has 0 unspecified atom stereocenters. The van der Waals surface area contributed by atoms with Crippen LogP contribution in [0.25, 0.3) is 0 Å². The fourth-order valence-electron chi connectivity index (χ4n) is 5.82. The van der Waals surface area contributed by atoms with Crippen LogP contribution in [0.15, 0.2) is 30.6 Å². The number of aliphatic hydroxyl groups excluding tert-OH is 3. The van der Waals surface area contributed by atoms with Gasteiger partial charge in [-0.2, -0.15) is 0 Å². The lowest BCUT2D eigenvalue weighted by molar-refractivity contribution is -0.129. The maximum Gasteiger partial charge on any atom is 0.227 e. The molecular formula is C32H48FN5O6. The van der Waals surface area contributed by atoms with E-state index in [0.717, 1.165) is 51.1 Å². The molecule has 0 spiro atoms. The number of piperidine rings is 1. The summed E-state index contributed by atoms with van der Waals surface area (Å²) in [5, 5.41) is 31.6. The number of carbonyl (C=O) groups is 1. The predicted octanol–water partition coefficient (Wildman–Crippen LogP) is 2.03. The summed E-state index contributed by atoms with van der Waals surface area (Å²) in [6.07, 6.45) is 8.32. The van der Waals surface area contributed by atoms with E-state index >= 15 is 0 Å². The van der Waals surface area contributed by atoms with Gasteiger partial charge in [-0.1, -0.05) is 6.07 Å². The molecule has 1 aromatic heterocycles. The van der Waals surface area contributed by atoms with E-state index in [2.05, 4.69) is 20.2 Å². The van der Waals surface area contributed by atoms with E-state index in [9.17, 15) is 24.5 Å². The molecular weight excluding hydrogens is 569 g/mol. The number of anilines is 1. The number of aliphatic hydroxyl groups is 3. The van der Waals surface area contributed by atoms with E-state index in [0.29, 0.717) is 55.8 Å². The minimum absolute atomic E-state index is 0.00465. The molecule has 0 bridgehead atoms. The number of amides is 1. The molecule has 2 aliphatic heterocycles. The van der Waals surface area contributed by atoms with Crippen LogP contribution in [0.3, 0.4) is 0 Å². The van der Waals surface area contributed by atoms with Crippen LogP contribution in [0.4, 0.5) is 10.3 Å². The molecule has 44 heavy (non-hydrogen) atoms. The van der Waals surface area contributed by atoms with Crippen molar-refractivity contribution in [1.82, 2.24) is 20.2 Å². The van der Waals surface area contributed by atoms with Crippen LogP contribution in [-0.2, 0) is 11.2 Å². The van der Waals surface area contributed by atoms with Crippen molar-refractivity contribution in [3.8, 4) is 11.5 Å². The fraction of sp³-hybridized carbons (Fsp3) is 0.656.